The van der Waals surface area contributed by atoms with E-state index < -0.39 is 23.3 Å². The fourth-order valence-corrected chi connectivity index (χ4v) is 16.8. The lowest BCUT2D eigenvalue weighted by atomic mass is 10.0. The quantitative estimate of drug-likeness (QED) is 0.0530. The highest BCUT2D eigenvalue weighted by molar-refractivity contribution is 7.30. The van der Waals surface area contributed by atoms with E-state index in [4.69, 9.17) is 9.97 Å². The number of anilines is 3. The zero-order valence-corrected chi connectivity index (χ0v) is 50.9. The standard InChI is InChI=1S/C20H21N7OS.2C19H18F2N6S2/c28-18-5-11(12-8-21-22-9-12)1-4-16(18)17-10-27-20(25-17)29-19(26-27)24-15-6-13-2-3-14(7-15)23-13;1-27(11-2-4-22-5-3-11)19-26-18-17(29-19)25-16(28-18)13-7-14(20)12(6-15(13)21)10-8-23-24-9-10;1-27(12-2-4-22-5-3-12)19-26-18-17(29-19)25-16(28-18)10-6-13(20)15(14(21)7-10)11-8-23-24-9-11/h1,4-5,8-10,13-15,23,28H,2-3,6-7H2,(H,21,22)(H,24,26);6-9,11,22H,2-5H2,1H3,(H,23,24);6-9,12,22H,2-5H2,1H3,(H,23,24). The Labute approximate surface area is 514 Å². The minimum Gasteiger partial charge on any atom is -0.507 e. The van der Waals surface area contributed by atoms with Crippen LogP contribution in [0.2, 0.25) is 0 Å². The predicted molar refractivity (Wildman–Crippen MR) is 337 cm³/mol. The number of fused-ring (bicyclic) bond motifs is 5. The summed E-state index contributed by atoms with van der Waals surface area (Å²) in [4.78, 5) is 31.5. The van der Waals surface area contributed by atoms with Crippen LogP contribution in [-0.2, 0) is 0 Å². The molecule has 4 saturated heterocycles. The number of benzene rings is 3. The maximum absolute atomic E-state index is 14.7. The minimum absolute atomic E-state index is 0.0927. The Balaban J connectivity index is 0.000000115. The Morgan fingerprint density at radius 2 is 1.10 bits per heavy atom. The smallest absolute Gasteiger partial charge is 0.214 e. The lowest BCUT2D eigenvalue weighted by Crippen LogP contribution is -2.43. The molecule has 0 radical (unpaired) electrons. The van der Waals surface area contributed by atoms with Gasteiger partial charge < -0.3 is 36.2 Å². The Hall–Kier alpha value is -7.77. The Bertz CT molecular complexity index is 4210. The van der Waals surface area contributed by atoms with Gasteiger partial charge in [-0.25, -0.2) is 47.0 Å². The molecule has 0 amide bonds. The number of aromatic amines is 3. The maximum atomic E-state index is 14.7. The number of piperidine rings is 3. The number of halogens is 4. The van der Waals surface area contributed by atoms with E-state index in [1.54, 1.807) is 34.3 Å². The lowest BCUT2D eigenvalue weighted by molar-refractivity contribution is 0.378. The summed E-state index contributed by atoms with van der Waals surface area (Å²) in [6.45, 7) is 4.06. The fraction of sp³-hybridized carbons (Fsp3) is 0.328. The van der Waals surface area contributed by atoms with Gasteiger partial charge in [0.15, 0.2) is 29.6 Å². The molecule has 20 nitrogen and oxygen atoms in total. The Kier molecular flexibility index (Phi) is 16.0. The topological polar surface area (TPSA) is 243 Å². The number of rotatable bonds is 12. The molecule has 9 aromatic heterocycles. The first-order valence-corrected chi connectivity index (χ1v) is 32.6. The molecule has 12 aromatic rings. The highest BCUT2D eigenvalue weighted by Crippen LogP contribution is 2.42. The third kappa shape index (κ3) is 11.9. The number of imidazole rings is 1. The Morgan fingerprint density at radius 1 is 0.552 bits per heavy atom. The van der Waals surface area contributed by atoms with Crippen molar-refractivity contribution in [2.24, 2.45) is 0 Å². The van der Waals surface area contributed by atoms with Gasteiger partial charge in [-0.1, -0.05) is 62.8 Å². The summed E-state index contributed by atoms with van der Waals surface area (Å²) >= 11 is 7.20. The number of H-pyrrole nitrogens is 3. The summed E-state index contributed by atoms with van der Waals surface area (Å²) < 4.78 is 60.3. The largest absolute Gasteiger partial charge is 0.507 e. The molecule has 4 aliphatic heterocycles. The molecule has 29 heteroatoms. The van der Waals surface area contributed by atoms with Crippen LogP contribution in [-0.4, -0.2) is 141 Å². The van der Waals surface area contributed by atoms with E-state index in [9.17, 15) is 22.7 Å². The molecule has 4 aliphatic rings. The molecule has 0 saturated carbocycles. The summed E-state index contributed by atoms with van der Waals surface area (Å²) in [5.74, 6) is -2.12. The highest BCUT2D eigenvalue weighted by atomic mass is 32.1. The number of phenols is 1. The SMILES string of the molecule is CN(c1nc2sc(-c3cc(F)c(-c4cn[nH]c4)c(F)c3)nc2s1)C1CCNCC1.CN(c1nc2sc(-c3cc(F)c(-c4cn[nH]c4)cc3F)nc2s1)C1CCNCC1.Oc1cc(-c2cn[nH]c2)ccc1-c1cn2nc(NC3CC4CCC(C3)N4)sc2n1. The number of nitrogens with one attached hydrogen (secondary N) is 7. The zero-order chi connectivity index (χ0) is 59.3. The van der Waals surface area contributed by atoms with Crippen LogP contribution in [0.1, 0.15) is 51.4 Å². The van der Waals surface area contributed by atoms with Gasteiger partial charge >= 0.3 is 0 Å². The molecular weight excluding hydrogens is 1220 g/mol. The molecule has 4 fully saturated rings. The predicted octanol–water partition coefficient (Wildman–Crippen LogP) is 11.8. The third-order valence-electron chi connectivity index (χ3n) is 16.4. The van der Waals surface area contributed by atoms with Crippen molar-refractivity contribution in [2.75, 3.05) is 55.4 Å². The number of aromatic hydroxyl groups is 1. The summed E-state index contributed by atoms with van der Waals surface area (Å²) in [5, 5.41) is 52.4. The van der Waals surface area contributed by atoms with Crippen LogP contribution in [0.4, 0.5) is 33.0 Å². The number of hydrogen-bond donors (Lipinski definition) is 8. The number of hydrogen-bond acceptors (Lipinski definition) is 21. The maximum Gasteiger partial charge on any atom is 0.214 e. The minimum atomic E-state index is -0.640. The van der Waals surface area contributed by atoms with Crippen molar-refractivity contribution >= 4 is 96.4 Å². The number of aromatic nitrogens is 13. The van der Waals surface area contributed by atoms with Gasteiger partial charge in [0.2, 0.25) is 10.1 Å². The van der Waals surface area contributed by atoms with E-state index in [1.807, 2.05) is 18.3 Å². The van der Waals surface area contributed by atoms with Crippen molar-refractivity contribution in [2.45, 2.75) is 81.6 Å². The van der Waals surface area contributed by atoms with E-state index in [2.05, 4.69) is 95.8 Å². The molecule has 87 heavy (non-hydrogen) atoms. The first-order valence-electron chi connectivity index (χ1n) is 28.5. The number of nitrogens with zero attached hydrogens (tertiary/aromatic N) is 12. The summed E-state index contributed by atoms with van der Waals surface area (Å²) in [7, 11) is 4.13. The average molecular weight is 1270 g/mol. The Morgan fingerprint density at radius 3 is 1.68 bits per heavy atom. The van der Waals surface area contributed by atoms with Crippen LogP contribution in [0.3, 0.4) is 0 Å². The van der Waals surface area contributed by atoms with Crippen LogP contribution in [0.5, 0.6) is 5.75 Å². The van der Waals surface area contributed by atoms with Crippen LogP contribution in [0.15, 0.2) is 85.8 Å². The monoisotopic (exact) mass is 1270 g/mol. The van der Waals surface area contributed by atoms with E-state index in [0.717, 1.165) is 116 Å². The van der Waals surface area contributed by atoms with Gasteiger partial charge in [0.05, 0.1) is 36.0 Å². The molecule has 0 spiro atoms. The molecule has 2 bridgehead atoms. The van der Waals surface area contributed by atoms with E-state index in [0.29, 0.717) is 68.2 Å². The van der Waals surface area contributed by atoms with Crippen molar-refractivity contribution in [3.05, 3.63) is 109 Å². The molecule has 16 rings (SSSR count). The molecule has 0 aliphatic carbocycles. The lowest BCUT2D eigenvalue weighted by Gasteiger charge is -2.31. The first kappa shape index (κ1) is 57.0. The zero-order valence-electron chi connectivity index (χ0n) is 46.8. The summed E-state index contributed by atoms with van der Waals surface area (Å²) in [5.41, 5.74) is 4.76. The van der Waals surface area contributed by atoms with Crippen molar-refractivity contribution in [1.82, 2.24) is 81.1 Å². The van der Waals surface area contributed by atoms with Gasteiger partial charge in [0.25, 0.3) is 0 Å². The molecule has 3 aromatic carbocycles. The van der Waals surface area contributed by atoms with Crippen molar-refractivity contribution < 1.29 is 22.7 Å². The van der Waals surface area contributed by atoms with Crippen molar-refractivity contribution in [3.63, 3.8) is 0 Å². The number of phenolic OH excluding ortho intramolecular Hbond substituents is 1. The van der Waals surface area contributed by atoms with Gasteiger partial charge in [0.1, 0.15) is 39.0 Å². The van der Waals surface area contributed by atoms with Crippen molar-refractivity contribution in [3.8, 4) is 71.5 Å². The van der Waals surface area contributed by atoms with E-state index in [-0.39, 0.29) is 22.4 Å². The molecule has 8 N–H and O–H groups in total. The van der Waals surface area contributed by atoms with Crippen LogP contribution >= 0.6 is 56.7 Å². The first-order chi connectivity index (χ1) is 42.4. The van der Waals surface area contributed by atoms with Crippen LogP contribution in [0.25, 0.3) is 90.1 Å². The molecule has 13 heterocycles. The van der Waals surface area contributed by atoms with Gasteiger partial charge in [-0.2, -0.15) is 15.3 Å². The fourth-order valence-electron chi connectivity index (χ4n) is 11.8. The van der Waals surface area contributed by atoms with Crippen molar-refractivity contribution in [1.29, 1.82) is 0 Å². The van der Waals surface area contributed by atoms with Crippen LogP contribution < -0.4 is 31.1 Å². The second kappa shape index (κ2) is 24.4. The van der Waals surface area contributed by atoms with Gasteiger partial charge in [0, 0.05) is 102 Å². The van der Waals surface area contributed by atoms with Gasteiger partial charge in [-0.15, -0.1) is 5.10 Å². The van der Waals surface area contributed by atoms with E-state index >= 15 is 0 Å². The van der Waals surface area contributed by atoms with E-state index in [1.165, 1.54) is 107 Å². The second-order valence-corrected chi connectivity index (χ2v) is 26.8. The van der Waals surface area contributed by atoms with Gasteiger partial charge in [-0.3, -0.25) is 15.3 Å². The van der Waals surface area contributed by atoms with Gasteiger partial charge in [-0.05, 0) is 120 Å². The second-order valence-electron chi connectivity index (χ2n) is 22.0. The molecule has 2 unspecified atom stereocenters. The highest BCUT2D eigenvalue weighted by Gasteiger charge is 2.34. The normalized spacial score (nSPS) is 18.1. The molecular formula is C58H57F4N19OS5. The average Bonchev–Trinajstić information content (AvgIpc) is 2.25. The molecule has 2 atom stereocenters. The van der Waals surface area contributed by atoms with Crippen LogP contribution in [0, 0.1) is 23.3 Å². The summed E-state index contributed by atoms with van der Waals surface area (Å²) in [6, 6.07) is 13.3. The summed E-state index contributed by atoms with van der Waals surface area (Å²) in [6.07, 6.45) is 20.5. The molecule has 448 valence electrons. The number of thiazole rings is 4. The third-order valence-corrected chi connectivity index (χ3v) is 21.5.